The van der Waals surface area contributed by atoms with E-state index in [1.165, 1.54) is 19.3 Å². The molecular weight excluding hydrogens is 212 g/mol. The van der Waals surface area contributed by atoms with E-state index < -0.39 is 0 Å². The van der Waals surface area contributed by atoms with Gasteiger partial charge in [0.15, 0.2) is 0 Å². The monoisotopic (exact) mass is 234 g/mol. The van der Waals surface area contributed by atoms with Gasteiger partial charge >= 0.3 is 0 Å². The highest BCUT2D eigenvalue weighted by Crippen LogP contribution is 2.70. The van der Waals surface area contributed by atoms with Crippen LogP contribution in [0.5, 0.6) is 0 Å². The summed E-state index contributed by atoms with van der Waals surface area (Å²) < 4.78 is 5.94. The zero-order valence-corrected chi connectivity index (χ0v) is 11.0. The largest absolute Gasteiger partial charge is 0.366 e. The van der Waals surface area contributed by atoms with Crippen molar-refractivity contribution in [2.45, 2.75) is 58.2 Å². The fourth-order valence-electron chi connectivity index (χ4n) is 5.74. The van der Waals surface area contributed by atoms with Crippen molar-refractivity contribution < 1.29 is 9.53 Å². The molecule has 3 aliphatic carbocycles. The molecule has 0 aromatic rings. The number of Topliss-reactive ketones (excluding diaryl/α,β-unsaturated/α-hetero) is 1. The Labute approximate surface area is 103 Å². The predicted molar refractivity (Wildman–Crippen MR) is 64.5 cm³/mol. The van der Waals surface area contributed by atoms with Gasteiger partial charge in [0.2, 0.25) is 0 Å². The van der Waals surface area contributed by atoms with Gasteiger partial charge in [-0.2, -0.15) is 0 Å². The summed E-state index contributed by atoms with van der Waals surface area (Å²) in [5.41, 5.74) is 0.589. The van der Waals surface area contributed by atoms with Crippen molar-refractivity contribution >= 4 is 5.78 Å². The first-order chi connectivity index (χ1) is 7.96. The molecular formula is C15H22O2. The summed E-state index contributed by atoms with van der Waals surface area (Å²) in [6.45, 7) is 6.89. The average molecular weight is 234 g/mol. The lowest BCUT2D eigenvalue weighted by Gasteiger charge is -2.47. The third-order valence-electron chi connectivity index (χ3n) is 6.61. The van der Waals surface area contributed by atoms with Crippen LogP contribution in [0.25, 0.3) is 0 Å². The van der Waals surface area contributed by atoms with Crippen LogP contribution in [0.4, 0.5) is 0 Å². The molecule has 0 bridgehead atoms. The number of epoxide rings is 1. The highest BCUT2D eigenvalue weighted by Gasteiger charge is 2.73. The highest BCUT2D eigenvalue weighted by atomic mass is 16.6. The number of ketones is 1. The van der Waals surface area contributed by atoms with Crippen molar-refractivity contribution in [1.29, 1.82) is 0 Å². The number of carbonyl (C=O) groups is 1. The summed E-state index contributed by atoms with van der Waals surface area (Å²) in [7, 11) is 0. The van der Waals surface area contributed by atoms with Crippen molar-refractivity contribution in [3.05, 3.63) is 0 Å². The van der Waals surface area contributed by atoms with E-state index in [0.29, 0.717) is 41.0 Å². The molecule has 1 saturated heterocycles. The topological polar surface area (TPSA) is 29.6 Å². The van der Waals surface area contributed by atoms with E-state index in [4.69, 9.17) is 4.74 Å². The molecule has 4 rings (SSSR count). The molecule has 4 fully saturated rings. The minimum Gasteiger partial charge on any atom is -0.366 e. The van der Waals surface area contributed by atoms with Crippen molar-refractivity contribution in [3.63, 3.8) is 0 Å². The van der Waals surface area contributed by atoms with Crippen LogP contribution >= 0.6 is 0 Å². The van der Waals surface area contributed by atoms with Gasteiger partial charge in [0.05, 0.1) is 11.7 Å². The first-order valence-corrected chi connectivity index (χ1v) is 7.16. The number of ether oxygens (including phenoxy) is 1. The summed E-state index contributed by atoms with van der Waals surface area (Å²) in [5.74, 6) is 2.74. The zero-order valence-electron chi connectivity index (χ0n) is 11.0. The van der Waals surface area contributed by atoms with Crippen LogP contribution in [0.1, 0.15) is 46.5 Å². The molecule has 7 atom stereocenters. The van der Waals surface area contributed by atoms with Crippen LogP contribution in [0.15, 0.2) is 0 Å². The lowest BCUT2D eigenvalue weighted by molar-refractivity contribution is -0.120. The molecule has 0 radical (unpaired) electrons. The Morgan fingerprint density at radius 2 is 2.06 bits per heavy atom. The second-order valence-corrected chi connectivity index (χ2v) is 7.45. The first-order valence-electron chi connectivity index (χ1n) is 7.16. The summed E-state index contributed by atoms with van der Waals surface area (Å²) in [5, 5.41) is 0. The van der Waals surface area contributed by atoms with Gasteiger partial charge in [0.25, 0.3) is 0 Å². The molecule has 0 aromatic heterocycles. The van der Waals surface area contributed by atoms with Gasteiger partial charge in [-0.05, 0) is 49.4 Å². The molecule has 0 amide bonds. The Bertz CT molecular complexity index is 404. The molecule has 3 saturated carbocycles. The van der Waals surface area contributed by atoms with E-state index in [-0.39, 0.29) is 5.60 Å². The summed E-state index contributed by atoms with van der Waals surface area (Å²) in [4.78, 5) is 12.0. The van der Waals surface area contributed by atoms with Crippen LogP contribution in [-0.2, 0) is 9.53 Å². The Hall–Kier alpha value is -0.370. The Morgan fingerprint density at radius 3 is 2.82 bits per heavy atom. The third kappa shape index (κ3) is 1.09. The smallest absolute Gasteiger partial charge is 0.136 e. The molecule has 0 unspecified atom stereocenters. The van der Waals surface area contributed by atoms with Gasteiger partial charge < -0.3 is 4.74 Å². The number of carbonyl (C=O) groups excluding carboxylic acids is 1. The van der Waals surface area contributed by atoms with Crippen LogP contribution in [0.3, 0.4) is 0 Å². The Morgan fingerprint density at radius 1 is 1.29 bits per heavy atom. The SMILES string of the molecule is C[C@H]1C(=O)C[C@@H]2[C@@H]1CC[C@]1(C)C[C@@H]3O[C@]3(C)[C@@H]21. The predicted octanol–water partition coefficient (Wildman–Crippen LogP) is 2.81. The van der Waals surface area contributed by atoms with Gasteiger partial charge in [-0.1, -0.05) is 13.8 Å². The van der Waals surface area contributed by atoms with E-state index in [9.17, 15) is 4.79 Å². The van der Waals surface area contributed by atoms with Crippen LogP contribution in [0, 0.1) is 29.1 Å². The van der Waals surface area contributed by atoms with Gasteiger partial charge in [0, 0.05) is 12.3 Å². The molecule has 94 valence electrons. The molecule has 4 aliphatic rings. The third-order valence-corrected chi connectivity index (χ3v) is 6.61. The van der Waals surface area contributed by atoms with Crippen LogP contribution in [-0.4, -0.2) is 17.5 Å². The quantitative estimate of drug-likeness (QED) is 0.603. The van der Waals surface area contributed by atoms with Gasteiger partial charge in [-0.3, -0.25) is 4.79 Å². The second kappa shape index (κ2) is 2.79. The van der Waals surface area contributed by atoms with E-state index in [0.717, 1.165) is 6.42 Å². The normalized spacial score (nSPS) is 64.2. The number of rotatable bonds is 0. The summed E-state index contributed by atoms with van der Waals surface area (Å²) in [6, 6.07) is 0. The van der Waals surface area contributed by atoms with E-state index >= 15 is 0 Å². The molecule has 2 heteroatoms. The van der Waals surface area contributed by atoms with Crippen molar-refractivity contribution in [2.75, 3.05) is 0 Å². The molecule has 2 nitrogen and oxygen atoms in total. The van der Waals surface area contributed by atoms with E-state index in [1.54, 1.807) is 0 Å². The maximum atomic E-state index is 12.0. The zero-order chi connectivity index (χ0) is 12.0. The Balaban J connectivity index is 1.74. The number of hydrogen-bond donors (Lipinski definition) is 0. The van der Waals surface area contributed by atoms with Crippen LogP contribution in [0.2, 0.25) is 0 Å². The molecule has 17 heavy (non-hydrogen) atoms. The lowest BCUT2D eigenvalue weighted by Crippen LogP contribution is -2.43. The van der Waals surface area contributed by atoms with Crippen LogP contribution < -0.4 is 0 Å². The van der Waals surface area contributed by atoms with E-state index in [1.807, 2.05) is 0 Å². The lowest BCUT2D eigenvalue weighted by atomic mass is 9.58. The summed E-state index contributed by atoms with van der Waals surface area (Å²) >= 11 is 0. The van der Waals surface area contributed by atoms with E-state index in [2.05, 4.69) is 20.8 Å². The number of hydrogen-bond acceptors (Lipinski definition) is 2. The maximum absolute atomic E-state index is 12.0. The molecule has 0 N–H and O–H groups in total. The molecule has 0 aromatic carbocycles. The summed E-state index contributed by atoms with van der Waals surface area (Å²) in [6.07, 6.45) is 5.15. The molecule has 0 spiro atoms. The fraction of sp³-hybridized carbons (Fsp3) is 0.933. The second-order valence-electron chi connectivity index (χ2n) is 7.45. The van der Waals surface area contributed by atoms with Gasteiger partial charge in [-0.15, -0.1) is 0 Å². The van der Waals surface area contributed by atoms with Gasteiger partial charge in [0.1, 0.15) is 5.78 Å². The van der Waals surface area contributed by atoms with Gasteiger partial charge in [-0.25, -0.2) is 0 Å². The first kappa shape index (κ1) is 10.5. The maximum Gasteiger partial charge on any atom is 0.136 e. The molecule has 1 aliphatic heterocycles. The number of fused-ring (bicyclic) bond motifs is 5. The highest BCUT2D eigenvalue weighted by molar-refractivity contribution is 5.83. The average Bonchev–Trinajstić information content (AvgIpc) is 2.68. The minimum absolute atomic E-state index is 0.127. The minimum atomic E-state index is 0.127. The van der Waals surface area contributed by atoms with Crippen molar-refractivity contribution in [2.24, 2.45) is 29.1 Å². The van der Waals surface area contributed by atoms with Crippen molar-refractivity contribution in [3.8, 4) is 0 Å². The van der Waals surface area contributed by atoms with Crippen molar-refractivity contribution in [1.82, 2.24) is 0 Å². The standard InChI is InChI=1S/C15H22O2/c1-8-9-4-5-14(2)7-12-15(3,17-12)13(14)10(9)6-11(8)16/h8-10,12-13H,4-7H2,1-3H3/t8-,9-,10-,12+,13+,14-,15+/m1/s1. The Kier molecular flexibility index (Phi) is 1.73. The fourth-order valence-corrected chi connectivity index (χ4v) is 5.74. The molecule has 1 heterocycles.